The van der Waals surface area contributed by atoms with E-state index in [1.54, 1.807) is 12.4 Å². The van der Waals surface area contributed by atoms with Crippen molar-refractivity contribution in [2.24, 2.45) is 5.92 Å². The van der Waals surface area contributed by atoms with E-state index in [-0.39, 0.29) is 11.8 Å². The molecule has 1 aliphatic rings. The summed E-state index contributed by atoms with van der Waals surface area (Å²) in [7, 11) is 0. The average molecular weight is 417 g/mol. The van der Waals surface area contributed by atoms with Crippen LogP contribution in [-0.4, -0.2) is 29.0 Å². The van der Waals surface area contributed by atoms with Crippen molar-refractivity contribution >= 4 is 17.4 Å². The Morgan fingerprint density at radius 1 is 1.06 bits per heavy atom. The Hall–Kier alpha value is -3.41. The number of para-hydroxylation sites is 1. The van der Waals surface area contributed by atoms with Crippen LogP contribution in [0.4, 0.5) is 11.5 Å². The maximum absolute atomic E-state index is 12.7. The van der Waals surface area contributed by atoms with Crippen LogP contribution in [0.25, 0.3) is 0 Å². The summed E-state index contributed by atoms with van der Waals surface area (Å²) >= 11 is 0. The minimum absolute atomic E-state index is 0.0153. The number of anilines is 2. The van der Waals surface area contributed by atoms with Crippen molar-refractivity contribution in [2.75, 3.05) is 23.3 Å². The van der Waals surface area contributed by atoms with Gasteiger partial charge < -0.3 is 15.0 Å². The van der Waals surface area contributed by atoms with Crippen LogP contribution in [0.15, 0.2) is 60.9 Å². The molecule has 3 aromatic rings. The fraction of sp³-hybridized carbons (Fsp3) is 0.320. The number of hydrogen-bond acceptors (Lipinski definition) is 5. The molecule has 31 heavy (non-hydrogen) atoms. The fourth-order valence-electron chi connectivity index (χ4n) is 3.81. The summed E-state index contributed by atoms with van der Waals surface area (Å²) in [6.07, 6.45) is 5.84. The molecule has 1 aliphatic heterocycles. The highest BCUT2D eigenvalue weighted by atomic mass is 16.5. The number of hydrogen-bond donors (Lipinski definition) is 1. The van der Waals surface area contributed by atoms with Gasteiger partial charge in [0, 0.05) is 37.1 Å². The number of aromatic nitrogens is 2. The van der Waals surface area contributed by atoms with Gasteiger partial charge in [0.05, 0.1) is 0 Å². The number of amides is 1. The summed E-state index contributed by atoms with van der Waals surface area (Å²) in [5, 5.41) is 3.08. The van der Waals surface area contributed by atoms with Gasteiger partial charge in [0.25, 0.3) is 5.88 Å². The first-order chi connectivity index (χ1) is 15.1. The molecule has 4 rings (SSSR count). The van der Waals surface area contributed by atoms with Crippen molar-refractivity contribution in [1.29, 1.82) is 0 Å². The standard InChI is InChI=1S/C25H28N4O2/c1-3-19-8-10-21(11-9-19)31-25-23(26-14-15-27-25)29-16-12-20(13-17-29)24(30)28-22-7-5-4-6-18(22)2/h4-11,14-15,20H,3,12-13,16-17H2,1-2H3,(H,28,30). The van der Waals surface area contributed by atoms with Crippen LogP contribution >= 0.6 is 0 Å². The summed E-state index contributed by atoms with van der Waals surface area (Å²) in [4.78, 5) is 23.8. The van der Waals surface area contributed by atoms with Crippen LogP contribution < -0.4 is 15.0 Å². The largest absolute Gasteiger partial charge is 0.436 e. The first-order valence-corrected chi connectivity index (χ1v) is 10.8. The molecular weight excluding hydrogens is 388 g/mol. The predicted molar refractivity (Wildman–Crippen MR) is 123 cm³/mol. The van der Waals surface area contributed by atoms with Gasteiger partial charge in [-0.2, -0.15) is 0 Å². The second kappa shape index (κ2) is 9.60. The Kier molecular flexibility index (Phi) is 6.46. The highest BCUT2D eigenvalue weighted by molar-refractivity contribution is 5.93. The number of carbonyl (C=O) groups is 1. The van der Waals surface area contributed by atoms with Gasteiger partial charge in [0.1, 0.15) is 5.75 Å². The molecule has 0 bridgehead atoms. The van der Waals surface area contributed by atoms with E-state index in [0.717, 1.165) is 55.2 Å². The van der Waals surface area contributed by atoms with E-state index >= 15 is 0 Å². The van der Waals surface area contributed by atoms with Crippen LogP contribution in [0.2, 0.25) is 0 Å². The highest BCUT2D eigenvalue weighted by Crippen LogP contribution is 2.31. The van der Waals surface area contributed by atoms with Gasteiger partial charge in [-0.1, -0.05) is 37.3 Å². The van der Waals surface area contributed by atoms with Crippen molar-refractivity contribution < 1.29 is 9.53 Å². The lowest BCUT2D eigenvalue weighted by Crippen LogP contribution is -2.38. The molecule has 0 aliphatic carbocycles. The third-order valence-electron chi connectivity index (χ3n) is 5.76. The number of ether oxygens (including phenoxy) is 1. The molecule has 0 unspecified atom stereocenters. The third-order valence-corrected chi connectivity index (χ3v) is 5.76. The first-order valence-electron chi connectivity index (χ1n) is 10.8. The summed E-state index contributed by atoms with van der Waals surface area (Å²) in [6.45, 7) is 5.59. The second-order valence-electron chi connectivity index (χ2n) is 7.85. The molecule has 1 fully saturated rings. The quantitative estimate of drug-likeness (QED) is 0.613. The number of benzene rings is 2. The van der Waals surface area contributed by atoms with E-state index in [1.165, 1.54) is 5.56 Å². The molecule has 6 heteroatoms. The van der Waals surface area contributed by atoms with Gasteiger partial charge in [-0.05, 0) is 55.5 Å². The molecule has 0 atom stereocenters. The topological polar surface area (TPSA) is 67.4 Å². The molecule has 0 saturated carbocycles. The molecule has 2 heterocycles. The zero-order valence-electron chi connectivity index (χ0n) is 18.0. The lowest BCUT2D eigenvalue weighted by Gasteiger charge is -2.32. The molecule has 1 aromatic heterocycles. The van der Waals surface area contributed by atoms with Crippen molar-refractivity contribution in [3.63, 3.8) is 0 Å². The molecule has 0 radical (unpaired) electrons. The number of nitrogens with one attached hydrogen (secondary N) is 1. The fourth-order valence-corrected chi connectivity index (χ4v) is 3.81. The van der Waals surface area contributed by atoms with Crippen LogP contribution in [0.5, 0.6) is 11.6 Å². The van der Waals surface area contributed by atoms with Crippen molar-refractivity contribution in [2.45, 2.75) is 33.1 Å². The van der Waals surface area contributed by atoms with E-state index in [4.69, 9.17) is 4.74 Å². The Balaban J connectivity index is 1.39. The summed E-state index contributed by atoms with van der Waals surface area (Å²) in [5.41, 5.74) is 3.22. The molecule has 1 amide bonds. The maximum atomic E-state index is 12.7. The van der Waals surface area contributed by atoms with Gasteiger partial charge in [-0.15, -0.1) is 0 Å². The number of rotatable bonds is 6. The molecular formula is C25H28N4O2. The average Bonchev–Trinajstić information content (AvgIpc) is 2.81. The first kappa shape index (κ1) is 20.8. The summed E-state index contributed by atoms with van der Waals surface area (Å²) in [5.74, 6) is 2.03. The van der Waals surface area contributed by atoms with Crippen LogP contribution in [0.1, 0.15) is 30.9 Å². The summed E-state index contributed by atoms with van der Waals surface area (Å²) in [6, 6.07) is 15.9. The van der Waals surface area contributed by atoms with Gasteiger partial charge in [-0.3, -0.25) is 4.79 Å². The lowest BCUT2D eigenvalue weighted by molar-refractivity contribution is -0.120. The molecule has 1 N–H and O–H groups in total. The molecule has 160 valence electrons. The van der Waals surface area contributed by atoms with Crippen molar-refractivity contribution in [3.05, 3.63) is 72.1 Å². The number of piperidine rings is 1. The van der Waals surface area contributed by atoms with E-state index < -0.39 is 0 Å². The predicted octanol–water partition coefficient (Wildman–Crippen LogP) is 4.99. The van der Waals surface area contributed by atoms with Gasteiger partial charge in [0.15, 0.2) is 5.82 Å². The smallest absolute Gasteiger partial charge is 0.263 e. The summed E-state index contributed by atoms with van der Waals surface area (Å²) < 4.78 is 6.03. The van der Waals surface area contributed by atoms with Gasteiger partial charge in [-0.25, -0.2) is 9.97 Å². The molecule has 0 spiro atoms. The zero-order chi connectivity index (χ0) is 21.6. The third kappa shape index (κ3) is 5.02. The number of nitrogens with zero attached hydrogens (tertiary/aromatic N) is 3. The monoisotopic (exact) mass is 416 g/mol. The lowest BCUT2D eigenvalue weighted by atomic mass is 9.95. The van der Waals surface area contributed by atoms with Crippen molar-refractivity contribution in [1.82, 2.24) is 9.97 Å². The van der Waals surface area contributed by atoms with E-state index in [2.05, 4.69) is 39.2 Å². The normalized spacial score (nSPS) is 14.3. The second-order valence-corrected chi connectivity index (χ2v) is 7.85. The Morgan fingerprint density at radius 2 is 1.77 bits per heavy atom. The zero-order valence-corrected chi connectivity index (χ0v) is 18.0. The Bertz CT molecular complexity index is 1030. The van der Waals surface area contributed by atoms with E-state index in [1.807, 2.05) is 43.3 Å². The Morgan fingerprint density at radius 3 is 2.48 bits per heavy atom. The SMILES string of the molecule is CCc1ccc(Oc2nccnc2N2CCC(C(=O)Nc3ccccc3C)CC2)cc1. The molecule has 1 saturated heterocycles. The van der Waals surface area contributed by atoms with Crippen LogP contribution in [-0.2, 0) is 11.2 Å². The molecule has 6 nitrogen and oxygen atoms in total. The van der Waals surface area contributed by atoms with Gasteiger partial charge >= 0.3 is 0 Å². The maximum Gasteiger partial charge on any atom is 0.263 e. The highest BCUT2D eigenvalue weighted by Gasteiger charge is 2.27. The van der Waals surface area contributed by atoms with E-state index in [9.17, 15) is 4.79 Å². The number of carbonyl (C=O) groups excluding carboxylic acids is 1. The van der Waals surface area contributed by atoms with Gasteiger partial charge in [0.2, 0.25) is 5.91 Å². The van der Waals surface area contributed by atoms with Crippen LogP contribution in [0.3, 0.4) is 0 Å². The minimum atomic E-state index is -0.0153. The Labute approximate surface area is 183 Å². The minimum Gasteiger partial charge on any atom is -0.436 e. The van der Waals surface area contributed by atoms with Crippen molar-refractivity contribution in [3.8, 4) is 11.6 Å². The molecule has 2 aromatic carbocycles. The van der Waals surface area contributed by atoms with E-state index in [0.29, 0.717) is 5.88 Å². The number of aryl methyl sites for hydroxylation is 2. The van der Waals surface area contributed by atoms with Crippen LogP contribution in [0, 0.1) is 12.8 Å².